The smallest absolute Gasteiger partial charge is 0.320 e. The van der Waals surface area contributed by atoms with E-state index in [9.17, 15) is 9.90 Å². The Balaban J connectivity index is 3.50. The SMILES string of the molecule is COc1ccc(C(NC(CC(C)C)C(=O)O)(OC)OC)c(OC)c1OC. The fraction of sp³-hybridized carbons (Fsp3) is 0.611. The van der Waals surface area contributed by atoms with Crippen molar-refractivity contribution < 1.29 is 33.6 Å². The van der Waals surface area contributed by atoms with Gasteiger partial charge in [-0.2, -0.15) is 0 Å². The van der Waals surface area contributed by atoms with Crippen molar-refractivity contribution in [2.75, 3.05) is 35.5 Å². The van der Waals surface area contributed by atoms with Gasteiger partial charge < -0.3 is 28.8 Å². The summed E-state index contributed by atoms with van der Waals surface area (Å²) in [4.78, 5) is 11.7. The molecule has 0 aromatic heterocycles. The fourth-order valence-corrected chi connectivity index (χ4v) is 2.78. The molecule has 148 valence electrons. The zero-order valence-electron chi connectivity index (χ0n) is 16.4. The number of carboxylic acids is 1. The molecule has 1 atom stereocenters. The highest BCUT2D eigenvalue weighted by atomic mass is 16.7. The van der Waals surface area contributed by atoms with Crippen molar-refractivity contribution in [2.24, 2.45) is 5.92 Å². The van der Waals surface area contributed by atoms with E-state index in [4.69, 9.17) is 23.7 Å². The van der Waals surface area contributed by atoms with E-state index in [1.54, 1.807) is 12.1 Å². The molecule has 0 heterocycles. The summed E-state index contributed by atoms with van der Waals surface area (Å²) in [6, 6.07) is 2.45. The lowest BCUT2D eigenvalue weighted by Crippen LogP contribution is -2.54. The van der Waals surface area contributed by atoms with Gasteiger partial charge in [-0.05, 0) is 24.5 Å². The summed E-state index contributed by atoms with van der Waals surface area (Å²) in [5.41, 5.74) is 0.428. The van der Waals surface area contributed by atoms with Crippen LogP contribution in [0.3, 0.4) is 0 Å². The van der Waals surface area contributed by atoms with Crippen molar-refractivity contribution in [2.45, 2.75) is 32.2 Å². The molecule has 0 radical (unpaired) electrons. The van der Waals surface area contributed by atoms with Gasteiger partial charge in [-0.3, -0.25) is 4.79 Å². The molecule has 0 saturated heterocycles. The van der Waals surface area contributed by atoms with Crippen molar-refractivity contribution in [1.82, 2.24) is 5.32 Å². The van der Waals surface area contributed by atoms with Crippen LogP contribution in [0, 0.1) is 5.92 Å². The molecule has 0 amide bonds. The number of aliphatic carboxylic acids is 1. The first-order valence-corrected chi connectivity index (χ1v) is 8.20. The molecule has 1 rings (SSSR count). The second-order valence-corrected chi connectivity index (χ2v) is 6.07. The molecule has 0 spiro atoms. The Morgan fingerprint density at radius 3 is 2.00 bits per heavy atom. The minimum absolute atomic E-state index is 0.155. The van der Waals surface area contributed by atoms with E-state index in [1.165, 1.54) is 35.5 Å². The zero-order valence-corrected chi connectivity index (χ0v) is 16.4. The molecule has 1 aromatic carbocycles. The van der Waals surface area contributed by atoms with E-state index in [0.717, 1.165) is 0 Å². The van der Waals surface area contributed by atoms with Crippen LogP contribution >= 0.6 is 0 Å². The number of carbonyl (C=O) groups is 1. The Bertz CT molecular complexity index is 599. The van der Waals surface area contributed by atoms with Crippen LogP contribution in [0.5, 0.6) is 17.2 Å². The van der Waals surface area contributed by atoms with E-state index in [2.05, 4.69) is 5.32 Å². The first-order valence-electron chi connectivity index (χ1n) is 8.20. The van der Waals surface area contributed by atoms with Gasteiger partial charge in [0, 0.05) is 14.2 Å². The molecular weight excluding hydrogens is 342 g/mol. The Labute approximate surface area is 154 Å². The number of carboxylic acid groups (broad SMARTS) is 1. The number of benzene rings is 1. The van der Waals surface area contributed by atoms with Gasteiger partial charge in [0.2, 0.25) is 5.75 Å². The van der Waals surface area contributed by atoms with Crippen molar-refractivity contribution in [3.8, 4) is 17.2 Å². The van der Waals surface area contributed by atoms with E-state index < -0.39 is 17.9 Å². The Morgan fingerprint density at radius 1 is 1.04 bits per heavy atom. The van der Waals surface area contributed by atoms with E-state index in [-0.39, 0.29) is 5.92 Å². The van der Waals surface area contributed by atoms with Crippen LogP contribution in [-0.4, -0.2) is 52.7 Å². The van der Waals surface area contributed by atoms with Gasteiger partial charge in [-0.1, -0.05) is 13.8 Å². The predicted octanol–water partition coefficient (Wildman–Crippen LogP) is 2.20. The van der Waals surface area contributed by atoms with Gasteiger partial charge in [-0.25, -0.2) is 5.32 Å². The maximum Gasteiger partial charge on any atom is 0.320 e. The summed E-state index contributed by atoms with van der Waals surface area (Å²) in [5, 5.41) is 12.5. The quantitative estimate of drug-likeness (QED) is 0.572. The molecule has 0 fully saturated rings. The number of hydrogen-bond acceptors (Lipinski definition) is 7. The molecular formula is C18H29NO7. The average molecular weight is 371 g/mol. The number of rotatable bonds is 11. The minimum Gasteiger partial charge on any atom is -0.493 e. The lowest BCUT2D eigenvalue weighted by atomic mass is 10.0. The lowest BCUT2D eigenvalue weighted by Gasteiger charge is -2.36. The molecule has 8 heteroatoms. The molecule has 0 aliphatic heterocycles. The predicted molar refractivity (Wildman–Crippen MR) is 95.8 cm³/mol. The zero-order chi connectivity index (χ0) is 19.9. The van der Waals surface area contributed by atoms with Crippen LogP contribution in [0.25, 0.3) is 0 Å². The number of nitrogens with one attached hydrogen (secondary N) is 1. The van der Waals surface area contributed by atoms with Crippen LogP contribution in [0.2, 0.25) is 0 Å². The van der Waals surface area contributed by atoms with Gasteiger partial charge in [0.25, 0.3) is 5.91 Å². The summed E-state index contributed by atoms with van der Waals surface area (Å²) in [6.45, 7) is 3.88. The second-order valence-electron chi connectivity index (χ2n) is 6.07. The third kappa shape index (κ3) is 4.57. The topological polar surface area (TPSA) is 95.5 Å². The van der Waals surface area contributed by atoms with Gasteiger partial charge in [0.05, 0.1) is 26.9 Å². The van der Waals surface area contributed by atoms with Crippen molar-refractivity contribution in [1.29, 1.82) is 0 Å². The third-order valence-electron chi connectivity index (χ3n) is 4.00. The molecule has 1 unspecified atom stereocenters. The average Bonchev–Trinajstić information content (AvgIpc) is 2.63. The first kappa shape index (κ1) is 22.0. The fourth-order valence-electron chi connectivity index (χ4n) is 2.78. The Kier molecular flexibility index (Phi) is 8.13. The lowest BCUT2D eigenvalue weighted by molar-refractivity contribution is -0.244. The highest BCUT2D eigenvalue weighted by Gasteiger charge is 2.41. The summed E-state index contributed by atoms with van der Waals surface area (Å²) in [6.07, 6.45) is 0.388. The highest BCUT2D eigenvalue weighted by Crippen LogP contribution is 2.44. The molecule has 2 N–H and O–H groups in total. The van der Waals surface area contributed by atoms with Gasteiger partial charge in [0.15, 0.2) is 11.5 Å². The minimum atomic E-state index is -1.55. The summed E-state index contributed by atoms with van der Waals surface area (Å²) < 4.78 is 27.3. The van der Waals surface area contributed by atoms with Crippen LogP contribution in [0.1, 0.15) is 25.8 Å². The monoisotopic (exact) mass is 371 g/mol. The highest BCUT2D eigenvalue weighted by molar-refractivity contribution is 5.73. The van der Waals surface area contributed by atoms with Gasteiger partial charge in [-0.15, -0.1) is 0 Å². The molecule has 26 heavy (non-hydrogen) atoms. The molecule has 0 saturated carbocycles. The van der Waals surface area contributed by atoms with E-state index in [0.29, 0.717) is 29.2 Å². The molecule has 8 nitrogen and oxygen atoms in total. The van der Waals surface area contributed by atoms with Crippen molar-refractivity contribution in [3.63, 3.8) is 0 Å². The molecule has 0 bridgehead atoms. The number of hydrogen-bond donors (Lipinski definition) is 2. The maximum absolute atomic E-state index is 11.7. The Hall–Kier alpha value is -2.03. The van der Waals surface area contributed by atoms with E-state index in [1.807, 2.05) is 13.8 Å². The summed E-state index contributed by atoms with van der Waals surface area (Å²) in [7, 11) is 7.30. The van der Waals surface area contributed by atoms with Gasteiger partial charge >= 0.3 is 5.97 Å². The standard InChI is InChI=1S/C18H29NO7/c1-11(2)10-13(17(20)21)19-18(25-6,26-7)12-8-9-14(22-3)16(24-5)15(12)23-4/h8-9,11,13,19H,10H2,1-7H3,(H,20,21). The maximum atomic E-state index is 11.7. The number of ether oxygens (including phenoxy) is 5. The first-order chi connectivity index (χ1) is 12.3. The van der Waals surface area contributed by atoms with Crippen molar-refractivity contribution >= 4 is 5.97 Å². The van der Waals surface area contributed by atoms with Gasteiger partial charge in [0.1, 0.15) is 6.04 Å². The van der Waals surface area contributed by atoms with E-state index >= 15 is 0 Å². The summed E-state index contributed by atoms with van der Waals surface area (Å²) in [5.74, 6) is -1.27. The molecule has 1 aromatic rings. The van der Waals surface area contributed by atoms with Crippen LogP contribution < -0.4 is 19.5 Å². The molecule has 0 aliphatic carbocycles. The van der Waals surface area contributed by atoms with Crippen LogP contribution in [0.15, 0.2) is 12.1 Å². The third-order valence-corrected chi connectivity index (χ3v) is 4.00. The van der Waals surface area contributed by atoms with Crippen LogP contribution in [0.4, 0.5) is 0 Å². The normalized spacial score (nSPS) is 12.8. The molecule has 0 aliphatic rings. The Morgan fingerprint density at radius 2 is 1.62 bits per heavy atom. The summed E-state index contributed by atoms with van der Waals surface area (Å²) >= 11 is 0. The van der Waals surface area contributed by atoms with Crippen LogP contribution in [-0.2, 0) is 20.2 Å². The second kappa shape index (κ2) is 9.61. The largest absolute Gasteiger partial charge is 0.493 e. The number of methoxy groups -OCH3 is 5. The van der Waals surface area contributed by atoms with Crippen molar-refractivity contribution in [3.05, 3.63) is 17.7 Å².